The number of benzene rings is 1. The van der Waals surface area contributed by atoms with Gasteiger partial charge in [-0.15, -0.1) is 0 Å². The number of aryl methyl sites for hydroxylation is 3. The quantitative estimate of drug-likeness (QED) is 0.830. The molecule has 1 N–H and O–H groups in total. The Morgan fingerprint density at radius 2 is 2.00 bits per heavy atom. The van der Waals surface area contributed by atoms with E-state index in [0.29, 0.717) is 6.54 Å². The molecule has 0 radical (unpaired) electrons. The monoisotopic (exact) mass is 289 g/mol. The van der Waals surface area contributed by atoms with E-state index in [1.807, 2.05) is 24.6 Å². The van der Waals surface area contributed by atoms with Crippen LogP contribution in [0.4, 0.5) is 4.39 Å². The van der Waals surface area contributed by atoms with Gasteiger partial charge in [-0.05, 0) is 44.0 Å². The number of hydrogen-bond donors (Lipinski definition) is 1. The highest BCUT2D eigenvalue weighted by atomic mass is 19.1. The molecule has 0 saturated heterocycles. The predicted molar refractivity (Wildman–Crippen MR) is 79.4 cm³/mol. The molecule has 5 heteroatoms. The Hall–Kier alpha value is -2.17. The Kier molecular flexibility index (Phi) is 5.09. The van der Waals surface area contributed by atoms with Crippen molar-refractivity contribution in [1.82, 2.24) is 15.1 Å². The van der Waals surface area contributed by atoms with Crippen LogP contribution in [-0.4, -0.2) is 22.2 Å². The van der Waals surface area contributed by atoms with Crippen LogP contribution in [0, 0.1) is 19.7 Å². The van der Waals surface area contributed by atoms with Gasteiger partial charge in [-0.3, -0.25) is 9.48 Å². The van der Waals surface area contributed by atoms with E-state index in [0.717, 1.165) is 29.9 Å². The smallest absolute Gasteiger partial charge is 0.224 e. The first-order valence-electron chi connectivity index (χ1n) is 7.07. The first-order chi connectivity index (χ1) is 10.0. The van der Waals surface area contributed by atoms with E-state index in [2.05, 4.69) is 10.4 Å². The molecule has 0 aliphatic carbocycles. The molecule has 0 aliphatic rings. The molecule has 1 amide bonds. The van der Waals surface area contributed by atoms with Crippen molar-refractivity contribution < 1.29 is 9.18 Å². The molecule has 0 atom stereocenters. The molecule has 0 saturated carbocycles. The van der Waals surface area contributed by atoms with E-state index in [1.54, 1.807) is 12.1 Å². The van der Waals surface area contributed by atoms with Crippen molar-refractivity contribution in [2.75, 3.05) is 6.54 Å². The zero-order chi connectivity index (χ0) is 15.2. The lowest BCUT2D eigenvalue weighted by molar-refractivity contribution is -0.120. The summed E-state index contributed by atoms with van der Waals surface area (Å²) in [4.78, 5) is 11.8. The van der Waals surface area contributed by atoms with E-state index in [9.17, 15) is 9.18 Å². The zero-order valence-corrected chi connectivity index (χ0v) is 12.4. The molecular formula is C16H20FN3O. The number of nitrogens with zero attached hydrogens (tertiary/aromatic N) is 2. The van der Waals surface area contributed by atoms with Gasteiger partial charge < -0.3 is 5.32 Å². The molecule has 0 unspecified atom stereocenters. The van der Waals surface area contributed by atoms with E-state index in [1.165, 1.54) is 12.1 Å². The molecule has 0 bridgehead atoms. The minimum Gasteiger partial charge on any atom is -0.356 e. The SMILES string of the molecule is Cc1cc(C)n(CCCNC(=O)Cc2ccc(F)cc2)n1. The van der Waals surface area contributed by atoms with Gasteiger partial charge in [0, 0.05) is 18.8 Å². The van der Waals surface area contributed by atoms with Gasteiger partial charge in [-0.2, -0.15) is 5.10 Å². The fraction of sp³-hybridized carbons (Fsp3) is 0.375. The maximum atomic E-state index is 12.8. The number of carbonyl (C=O) groups is 1. The van der Waals surface area contributed by atoms with Crippen LogP contribution < -0.4 is 5.32 Å². The van der Waals surface area contributed by atoms with Gasteiger partial charge in [-0.1, -0.05) is 12.1 Å². The summed E-state index contributed by atoms with van der Waals surface area (Å²) in [5.41, 5.74) is 2.95. The molecule has 2 rings (SSSR count). The summed E-state index contributed by atoms with van der Waals surface area (Å²) >= 11 is 0. The highest BCUT2D eigenvalue weighted by Crippen LogP contribution is 2.04. The Morgan fingerprint density at radius 3 is 2.62 bits per heavy atom. The number of aromatic nitrogens is 2. The Balaban J connectivity index is 1.70. The molecule has 1 aromatic carbocycles. The maximum Gasteiger partial charge on any atom is 0.224 e. The minimum atomic E-state index is -0.288. The molecule has 2 aromatic rings. The number of halogens is 1. The van der Waals surface area contributed by atoms with Gasteiger partial charge >= 0.3 is 0 Å². The molecule has 1 aromatic heterocycles. The fourth-order valence-electron chi connectivity index (χ4n) is 2.21. The maximum absolute atomic E-state index is 12.8. The van der Waals surface area contributed by atoms with Gasteiger partial charge in [0.05, 0.1) is 12.1 Å². The Labute approximate surface area is 124 Å². The summed E-state index contributed by atoms with van der Waals surface area (Å²) in [6, 6.07) is 8.03. The van der Waals surface area contributed by atoms with Crippen LogP contribution in [0.2, 0.25) is 0 Å². The lowest BCUT2D eigenvalue weighted by atomic mass is 10.1. The normalized spacial score (nSPS) is 10.6. The lowest BCUT2D eigenvalue weighted by Crippen LogP contribution is -2.27. The summed E-state index contributed by atoms with van der Waals surface area (Å²) in [5, 5.41) is 7.24. The molecule has 1 heterocycles. The van der Waals surface area contributed by atoms with E-state index in [4.69, 9.17) is 0 Å². The van der Waals surface area contributed by atoms with Crippen LogP contribution >= 0.6 is 0 Å². The lowest BCUT2D eigenvalue weighted by Gasteiger charge is -2.07. The van der Waals surface area contributed by atoms with Gasteiger partial charge in [0.25, 0.3) is 0 Å². The zero-order valence-electron chi connectivity index (χ0n) is 12.4. The number of carbonyl (C=O) groups excluding carboxylic acids is 1. The van der Waals surface area contributed by atoms with Gasteiger partial charge in [0.1, 0.15) is 5.82 Å². The van der Waals surface area contributed by atoms with Crippen LogP contribution in [0.25, 0.3) is 0 Å². The first-order valence-corrected chi connectivity index (χ1v) is 7.07. The van der Waals surface area contributed by atoms with Crippen LogP contribution in [0.15, 0.2) is 30.3 Å². The predicted octanol–water partition coefficient (Wildman–Crippen LogP) is 2.39. The van der Waals surface area contributed by atoms with Crippen LogP contribution in [-0.2, 0) is 17.8 Å². The van der Waals surface area contributed by atoms with E-state index >= 15 is 0 Å². The topological polar surface area (TPSA) is 46.9 Å². The third-order valence-electron chi connectivity index (χ3n) is 3.25. The van der Waals surface area contributed by atoms with Crippen LogP contribution in [0.1, 0.15) is 23.4 Å². The number of nitrogens with one attached hydrogen (secondary N) is 1. The standard InChI is InChI=1S/C16H20FN3O/c1-12-10-13(2)20(19-12)9-3-8-18-16(21)11-14-4-6-15(17)7-5-14/h4-7,10H,3,8-9,11H2,1-2H3,(H,18,21). The van der Waals surface area contributed by atoms with Crippen LogP contribution in [0.5, 0.6) is 0 Å². The summed E-state index contributed by atoms with van der Waals surface area (Å²) < 4.78 is 14.7. The summed E-state index contributed by atoms with van der Waals surface area (Å²) in [6.45, 7) is 5.38. The van der Waals surface area contributed by atoms with Crippen molar-refractivity contribution in [2.45, 2.75) is 33.2 Å². The average Bonchev–Trinajstić information content (AvgIpc) is 2.76. The molecule has 4 nitrogen and oxygen atoms in total. The second-order valence-electron chi connectivity index (χ2n) is 5.16. The molecule has 112 valence electrons. The van der Waals surface area contributed by atoms with E-state index in [-0.39, 0.29) is 18.1 Å². The first kappa shape index (κ1) is 15.2. The van der Waals surface area contributed by atoms with Crippen molar-refractivity contribution in [3.05, 3.63) is 53.1 Å². The third kappa shape index (κ3) is 4.70. The number of amides is 1. The highest BCUT2D eigenvalue weighted by molar-refractivity contribution is 5.78. The van der Waals surface area contributed by atoms with Crippen molar-refractivity contribution in [2.24, 2.45) is 0 Å². The average molecular weight is 289 g/mol. The van der Waals surface area contributed by atoms with Gasteiger partial charge in [0.15, 0.2) is 0 Å². The molecule has 0 aliphatic heterocycles. The van der Waals surface area contributed by atoms with Crippen molar-refractivity contribution in [1.29, 1.82) is 0 Å². The summed E-state index contributed by atoms with van der Waals surface area (Å²) in [6.07, 6.45) is 1.11. The molecule has 0 fully saturated rings. The molecule has 21 heavy (non-hydrogen) atoms. The summed E-state index contributed by atoms with van der Waals surface area (Å²) in [5.74, 6) is -0.334. The van der Waals surface area contributed by atoms with Crippen molar-refractivity contribution in [3.8, 4) is 0 Å². The Bertz CT molecular complexity index is 604. The number of hydrogen-bond acceptors (Lipinski definition) is 2. The fourth-order valence-corrected chi connectivity index (χ4v) is 2.21. The Morgan fingerprint density at radius 1 is 1.29 bits per heavy atom. The second-order valence-corrected chi connectivity index (χ2v) is 5.16. The van der Waals surface area contributed by atoms with Crippen molar-refractivity contribution >= 4 is 5.91 Å². The minimum absolute atomic E-state index is 0.0463. The van der Waals surface area contributed by atoms with Crippen LogP contribution in [0.3, 0.4) is 0 Å². The molecular weight excluding hydrogens is 269 g/mol. The third-order valence-corrected chi connectivity index (χ3v) is 3.25. The highest BCUT2D eigenvalue weighted by Gasteiger charge is 2.04. The molecule has 0 spiro atoms. The number of rotatable bonds is 6. The second kappa shape index (κ2) is 7.02. The van der Waals surface area contributed by atoms with Crippen molar-refractivity contribution in [3.63, 3.8) is 0 Å². The van der Waals surface area contributed by atoms with Gasteiger partial charge in [-0.25, -0.2) is 4.39 Å². The van der Waals surface area contributed by atoms with Gasteiger partial charge in [0.2, 0.25) is 5.91 Å². The largest absolute Gasteiger partial charge is 0.356 e. The summed E-state index contributed by atoms with van der Waals surface area (Å²) in [7, 11) is 0. The van der Waals surface area contributed by atoms with E-state index < -0.39 is 0 Å².